The van der Waals surface area contributed by atoms with E-state index in [-0.39, 0.29) is 22.7 Å². The average Bonchev–Trinajstić information content (AvgIpc) is 2.46. The van der Waals surface area contributed by atoms with Crippen LogP contribution >= 0.6 is 0 Å². The van der Waals surface area contributed by atoms with E-state index in [0.717, 1.165) is 0 Å². The minimum Gasteiger partial charge on any atom is -0.465 e. The lowest BCUT2D eigenvalue weighted by atomic mass is 9.76. The first kappa shape index (κ1) is 23.9. The Bertz CT molecular complexity index is 455. The van der Waals surface area contributed by atoms with Crippen LogP contribution in [0.1, 0.15) is 88.5 Å². The van der Waals surface area contributed by atoms with E-state index in [4.69, 9.17) is 4.74 Å². The molecule has 148 valence electrons. The fraction of sp³-hybridized carbons (Fsp3) is 0.905. The Morgan fingerprint density at radius 2 is 1.36 bits per heavy atom. The van der Waals surface area contributed by atoms with Gasteiger partial charge in [0.2, 0.25) is 5.91 Å². The van der Waals surface area contributed by atoms with Gasteiger partial charge in [-0.25, -0.2) is 0 Å². The normalized spacial score (nSPS) is 15.4. The molecule has 0 aromatic carbocycles. The standard InChI is InChI=1S/C21H41NO3/c1-11-21(10,17(24)25-15-19(5,6)7)13-12-20(8,9)16(23)22-14-18(2,3)4/h11-15H2,1-10H3,(H,22,23). The monoisotopic (exact) mass is 355 g/mol. The summed E-state index contributed by atoms with van der Waals surface area (Å²) in [6.07, 6.45) is 2.00. The van der Waals surface area contributed by atoms with Gasteiger partial charge in [0.15, 0.2) is 0 Å². The smallest absolute Gasteiger partial charge is 0.311 e. The Morgan fingerprint density at radius 1 is 0.840 bits per heavy atom. The van der Waals surface area contributed by atoms with Crippen molar-refractivity contribution in [3.05, 3.63) is 0 Å². The van der Waals surface area contributed by atoms with Crippen LogP contribution in [0.3, 0.4) is 0 Å². The second-order valence-corrected chi connectivity index (χ2v) is 10.7. The topological polar surface area (TPSA) is 55.4 Å². The first-order valence-electron chi connectivity index (χ1n) is 9.48. The highest BCUT2D eigenvalue weighted by molar-refractivity contribution is 5.82. The number of nitrogens with one attached hydrogen (secondary N) is 1. The number of carbonyl (C=O) groups is 2. The molecule has 1 N–H and O–H groups in total. The van der Waals surface area contributed by atoms with E-state index in [2.05, 4.69) is 26.1 Å². The van der Waals surface area contributed by atoms with E-state index in [9.17, 15) is 9.59 Å². The van der Waals surface area contributed by atoms with Crippen LogP contribution in [-0.2, 0) is 14.3 Å². The summed E-state index contributed by atoms with van der Waals surface area (Å²) in [4.78, 5) is 25.1. The van der Waals surface area contributed by atoms with E-state index < -0.39 is 10.8 Å². The molecule has 25 heavy (non-hydrogen) atoms. The highest BCUT2D eigenvalue weighted by Crippen LogP contribution is 2.35. The summed E-state index contributed by atoms with van der Waals surface area (Å²) in [7, 11) is 0. The molecule has 0 aliphatic heterocycles. The second-order valence-electron chi connectivity index (χ2n) is 10.7. The fourth-order valence-corrected chi connectivity index (χ4v) is 2.17. The Morgan fingerprint density at radius 3 is 1.76 bits per heavy atom. The van der Waals surface area contributed by atoms with Crippen molar-refractivity contribution in [1.82, 2.24) is 5.32 Å². The maximum absolute atomic E-state index is 12.6. The van der Waals surface area contributed by atoms with Gasteiger partial charge in [-0.1, -0.05) is 62.3 Å². The predicted molar refractivity (Wildman–Crippen MR) is 104 cm³/mol. The molecule has 0 aliphatic rings. The third-order valence-electron chi connectivity index (χ3n) is 4.61. The summed E-state index contributed by atoms with van der Waals surface area (Å²) in [6, 6.07) is 0. The summed E-state index contributed by atoms with van der Waals surface area (Å²) in [5, 5.41) is 3.04. The molecule has 4 nitrogen and oxygen atoms in total. The zero-order chi connectivity index (χ0) is 20.1. The van der Waals surface area contributed by atoms with Crippen molar-refractivity contribution in [3.63, 3.8) is 0 Å². The van der Waals surface area contributed by atoms with Gasteiger partial charge >= 0.3 is 5.97 Å². The number of esters is 1. The molecular weight excluding hydrogens is 314 g/mol. The van der Waals surface area contributed by atoms with Crippen molar-refractivity contribution in [1.29, 1.82) is 0 Å². The molecule has 1 unspecified atom stereocenters. The molecule has 0 saturated heterocycles. The Balaban J connectivity index is 4.79. The van der Waals surface area contributed by atoms with Gasteiger partial charge in [0.1, 0.15) is 0 Å². The maximum Gasteiger partial charge on any atom is 0.311 e. The van der Waals surface area contributed by atoms with Crippen LogP contribution < -0.4 is 5.32 Å². The second kappa shape index (κ2) is 8.55. The first-order chi connectivity index (χ1) is 11.0. The minimum absolute atomic E-state index is 0.0452. The lowest BCUT2D eigenvalue weighted by Gasteiger charge is -2.32. The molecule has 1 atom stereocenters. The van der Waals surface area contributed by atoms with Crippen molar-refractivity contribution >= 4 is 11.9 Å². The quantitative estimate of drug-likeness (QED) is 0.626. The van der Waals surface area contributed by atoms with Gasteiger partial charge in [-0.15, -0.1) is 0 Å². The van der Waals surface area contributed by atoms with Crippen molar-refractivity contribution in [2.45, 2.75) is 88.5 Å². The van der Waals surface area contributed by atoms with Gasteiger partial charge in [-0.05, 0) is 37.0 Å². The van der Waals surface area contributed by atoms with Crippen LogP contribution in [0.15, 0.2) is 0 Å². The third kappa shape index (κ3) is 9.27. The van der Waals surface area contributed by atoms with Crippen molar-refractivity contribution in [2.75, 3.05) is 13.2 Å². The van der Waals surface area contributed by atoms with Gasteiger partial charge in [0, 0.05) is 12.0 Å². The van der Waals surface area contributed by atoms with E-state index in [1.165, 1.54) is 0 Å². The predicted octanol–water partition coefficient (Wildman–Crippen LogP) is 4.96. The molecular formula is C21H41NO3. The summed E-state index contributed by atoms with van der Waals surface area (Å²) < 4.78 is 5.54. The Kier molecular flexibility index (Phi) is 8.19. The molecule has 0 radical (unpaired) electrons. The molecule has 0 rings (SSSR count). The zero-order valence-electron chi connectivity index (χ0n) is 18.3. The highest BCUT2D eigenvalue weighted by Gasteiger charge is 2.37. The summed E-state index contributed by atoms with van der Waals surface area (Å²) in [6.45, 7) is 21.3. The molecule has 0 aromatic rings. The lowest BCUT2D eigenvalue weighted by Crippen LogP contribution is -2.42. The molecule has 4 heteroatoms. The van der Waals surface area contributed by atoms with E-state index in [1.54, 1.807) is 0 Å². The van der Waals surface area contributed by atoms with Gasteiger partial charge < -0.3 is 10.1 Å². The van der Waals surface area contributed by atoms with Crippen LogP contribution in [0.4, 0.5) is 0 Å². The van der Waals surface area contributed by atoms with E-state index in [0.29, 0.717) is 32.4 Å². The van der Waals surface area contributed by atoms with Gasteiger partial charge in [0.25, 0.3) is 0 Å². The van der Waals surface area contributed by atoms with Gasteiger partial charge in [0.05, 0.1) is 12.0 Å². The van der Waals surface area contributed by atoms with Crippen LogP contribution in [0.25, 0.3) is 0 Å². The van der Waals surface area contributed by atoms with Crippen LogP contribution in [0, 0.1) is 21.7 Å². The summed E-state index contributed by atoms with van der Waals surface area (Å²) in [5.74, 6) is -0.111. The van der Waals surface area contributed by atoms with Crippen molar-refractivity contribution in [3.8, 4) is 0 Å². The molecule has 0 aromatic heterocycles. The number of amides is 1. The molecule has 0 bridgehead atoms. The molecule has 0 spiro atoms. The van der Waals surface area contributed by atoms with Crippen LogP contribution in [-0.4, -0.2) is 25.0 Å². The zero-order valence-corrected chi connectivity index (χ0v) is 18.3. The minimum atomic E-state index is -0.549. The van der Waals surface area contributed by atoms with Crippen molar-refractivity contribution < 1.29 is 14.3 Å². The van der Waals surface area contributed by atoms with Gasteiger partial charge in [-0.3, -0.25) is 9.59 Å². The fourth-order valence-electron chi connectivity index (χ4n) is 2.17. The van der Waals surface area contributed by atoms with E-state index >= 15 is 0 Å². The number of hydrogen-bond acceptors (Lipinski definition) is 3. The highest BCUT2D eigenvalue weighted by atomic mass is 16.5. The van der Waals surface area contributed by atoms with Crippen molar-refractivity contribution in [2.24, 2.45) is 21.7 Å². The number of rotatable bonds is 8. The number of carbonyl (C=O) groups excluding carboxylic acids is 2. The molecule has 0 heterocycles. The summed E-state index contributed by atoms with van der Waals surface area (Å²) >= 11 is 0. The third-order valence-corrected chi connectivity index (χ3v) is 4.61. The number of ether oxygens (including phenoxy) is 1. The average molecular weight is 356 g/mol. The largest absolute Gasteiger partial charge is 0.465 e. The molecule has 1 amide bonds. The number of hydrogen-bond donors (Lipinski definition) is 1. The molecule has 0 aliphatic carbocycles. The van der Waals surface area contributed by atoms with Crippen LogP contribution in [0.2, 0.25) is 0 Å². The van der Waals surface area contributed by atoms with Crippen LogP contribution in [0.5, 0.6) is 0 Å². The maximum atomic E-state index is 12.6. The first-order valence-corrected chi connectivity index (χ1v) is 9.48. The molecule has 0 saturated carbocycles. The lowest BCUT2D eigenvalue weighted by molar-refractivity contribution is -0.159. The van der Waals surface area contributed by atoms with Gasteiger partial charge in [-0.2, -0.15) is 0 Å². The SMILES string of the molecule is CCC(C)(CCC(C)(C)C(=O)NCC(C)(C)C)C(=O)OCC(C)(C)C. The van der Waals surface area contributed by atoms with E-state index in [1.807, 2.05) is 48.5 Å². The Hall–Kier alpha value is -1.06. The molecule has 0 fully saturated rings. The summed E-state index contributed by atoms with van der Waals surface area (Å²) in [5.41, 5.74) is -1.05. The Labute approximate surface area is 155 Å².